The largest absolute Gasteiger partial charge is 0.497 e. The summed E-state index contributed by atoms with van der Waals surface area (Å²) in [5, 5.41) is 8.22. The fourth-order valence-corrected chi connectivity index (χ4v) is 2.89. The Morgan fingerprint density at radius 3 is 2.67 bits per heavy atom. The van der Waals surface area contributed by atoms with Crippen LogP contribution in [0.5, 0.6) is 11.5 Å². The Balaban J connectivity index is 1.75. The van der Waals surface area contributed by atoms with Gasteiger partial charge in [0.05, 0.1) is 19.8 Å². The molecule has 0 unspecified atom stereocenters. The highest BCUT2D eigenvalue weighted by Crippen LogP contribution is 2.31. The SMILES string of the molecule is COc1ccc(OC)c(CSc2nnc(-c3ccccc3F)o2)c1. The molecule has 24 heavy (non-hydrogen) atoms. The molecule has 0 radical (unpaired) electrons. The zero-order chi connectivity index (χ0) is 16.9. The van der Waals surface area contributed by atoms with Crippen molar-refractivity contribution in [2.45, 2.75) is 11.0 Å². The van der Waals surface area contributed by atoms with Crippen LogP contribution in [0.3, 0.4) is 0 Å². The summed E-state index contributed by atoms with van der Waals surface area (Å²) in [5.74, 6) is 1.81. The van der Waals surface area contributed by atoms with E-state index in [4.69, 9.17) is 13.9 Å². The molecule has 0 spiro atoms. The van der Waals surface area contributed by atoms with Crippen molar-refractivity contribution in [1.82, 2.24) is 10.2 Å². The fraction of sp³-hybridized carbons (Fsp3) is 0.176. The lowest BCUT2D eigenvalue weighted by Crippen LogP contribution is -1.92. The second kappa shape index (κ2) is 7.35. The molecule has 3 rings (SSSR count). The first-order chi connectivity index (χ1) is 11.7. The van der Waals surface area contributed by atoms with E-state index in [1.165, 1.54) is 17.8 Å². The molecule has 0 atom stereocenters. The van der Waals surface area contributed by atoms with Gasteiger partial charge in [0.25, 0.3) is 11.1 Å². The molecular weight excluding hydrogens is 331 g/mol. The van der Waals surface area contributed by atoms with Crippen LogP contribution in [0.4, 0.5) is 4.39 Å². The Hall–Kier alpha value is -2.54. The molecule has 0 saturated carbocycles. The van der Waals surface area contributed by atoms with Gasteiger partial charge >= 0.3 is 0 Å². The highest BCUT2D eigenvalue weighted by Gasteiger charge is 2.14. The predicted molar refractivity (Wildman–Crippen MR) is 88.8 cm³/mol. The molecule has 0 aliphatic heterocycles. The van der Waals surface area contributed by atoms with Gasteiger partial charge in [0.15, 0.2) is 0 Å². The van der Waals surface area contributed by atoms with Gasteiger partial charge in [-0.25, -0.2) is 4.39 Å². The van der Waals surface area contributed by atoms with E-state index in [0.717, 1.165) is 17.1 Å². The van der Waals surface area contributed by atoms with Crippen LogP contribution < -0.4 is 9.47 Å². The van der Waals surface area contributed by atoms with Crippen molar-refractivity contribution >= 4 is 11.8 Å². The van der Waals surface area contributed by atoms with Crippen LogP contribution in [-0.4, -0.2) is 24.4 Å². The summed E-state index contributed by atoms with van der Waals surface area (Å²) >= 11 is 1.35. The van der Waals surface area contributed by atoms with Gasteiger partial charge in [-0.05, 0) is 30.3 Å². The molecule has 0 amide bonds. The maximum Gasteiger partial charge on any atom is 0.277 e. The molecule has 2 aromatic carbocycles. The van der Waals surface area contributed by atoms with E-state index in [1.54, 1.807) is 32.4 Å². The van der Waals surface area contributed by atoms with Crippen molar-refractivity contribution in [2.24, 2.45) is 0 Å². The van der Waals surface area contributed by atoms with Crippen molar-refractivity contribution in [3.8, 4) is 23.0 Å². The number of hydrogen-bond acceptors (Lipinski definition) is 6. The number of rotatable bonds is 6. The van der Waals surface area contributed by atoms with Crippen molar-refractivity contribution < 1.29 is 18.3 Å². The van der Waals surface area contributed by atoms with E-state index in [1.807, 2.05) is 18.2 Å². The van der Waals surface area contributed by atoms with Gasteiger partial charge in [-0.1, -0.05) is 23.9 Å². The summed E-state index contributed by atoms with van der Waals surface area (Å²) in [4.78, 5) is 0. The topological polar surface area (TPSA) is 57.4 Å². The number of nitrogens with zero attached hydrogens (tertiary/aromatic N) is 2. The second-order valence-corrected chi connectivity index (χ2v) is 5.75. The highest BCUT2D eigenvalue weighted by atomic mass is 32.2. The van der Waals surface area contributed by atoms with E-state index in [9.17, 15) is 4.39 Å². The second-order valence-electron chi connectivity index (χ2n) is 4.82. The minimum Gasteiger partial charge on any atom is -0.497 e. The third-order valence-electron chi connectivity index (χ3n) is 3.35. The lowest BCUT2D eigenvalue weighted by molar-refractivity contribution is 0.400. The Labute approximate surface area is 142 Å². The Bertz CT molecular complexity index is 838. The minimum absolute atomic E-state index is 0.160. The quantitative estimate of drug-likeness (QED) is 0.624. The smallest absolute Gasteiger partial charge is 0.277 e. The van der Waals surface area contributed by atoms with Crippen LogP contribution in [0, 0.1) is 5.82 Å². The molecular formula is C17H15FN2O3S. The number of thioether (sulfide) groups is 1. The first-order valence-electron chi connectivity index (χ1n) is 7.13. The number of benzene rings is 2. The summed E-state index contributed by atoms with van der Waals surface area (Å²) in [6.07, 6.45) is 0. The molecule has 3 aromatic rings. The van der Waals surface area contributed by atoms with Crippen LogP contribution >= 0.6 is 11.8 Å². The van der Waals surface area contributed by atoms with Crippen LogP contribution in [0.1, 0.15) is 5.56 Å². The standard InChI is InChI=1S/C17H15FN2O3S/c1-21-12-7-8-15(22-2)11(9-12)10-24-17-20-19-16(23-17)13-5-3-4-6-14(13)18/h3-9H,10H2,1-2H3. The zero-order valence-electron chi connectivity index (χ0n) is 13.2. The lowest BCUT2D eigenvalue weighted by atomic mass is 10.2. The van der Waals surface area contributed by atoms with Crippen molar-refractivity contribution in [2.75, 3.05) is 14.2 Å². The molecule has 1 heterocycles. The third-order valence-corrected chi connectivity index (χ3v) is 4.22. The van der Waals surface area contributed by atoms with Crippen LogP contribution in [-0.2, 0) is 5.75 Å². The Morgan fingerprint density at radius 2 is 1.92 bits per heavy atom. The molecule has 124 valence electrons. The molecule has 0 saturated heterocycles. The number of aromatic nitrogens is 2. The van der Waals surface area contributed by atoms with E-state index in [0.29, 0.717) is 11.0 Å². The zero-order valence-corrected chi connectivity index (χ0v) is 14.0. The van der Waals surface area contributed by atoms with Gasteiger partial charge in [-0.15, -0.1) is 10.2 Å². The van der Waals surface area contributed by atoms with Crippen molar-refractivity contribution in [3.63, 3.8) is 0 Å². The summed E-state index contributed by atoms with van der Waals surface area (Å²) in [7, 11) is 3.22. The summed E-state index contributed by atoms with van der Waals surface area (Å²) in [6.45, 7) is 0. The highest BCUT2D eigenvalue weighted by molar-refractivity contribution is 7.98. The summed E-state index contributed by atoms with van der Waals surface area (Å²) in [5.41, 5.74) is 1.23. The van der Waals surface area contributed by atoms with Crippen LogP contribution in [0.2, 0.25) is 0 Å². The summed E-state index contributed by atoms with van der Waals surface area (Å²) in [6, 6.07) is 11.8. The fourth-order valence-electron chi connectivity index (χ4n) is 2.15. The van der Waals surface area contributed by atoms with Gasteiger partial charge in [0, 0.05) is 11.3 Å². The van der Waals surface area contributed by atoms with Crippen molar-refractivity contribution in [3.05, 3.63) is 53.8 Å². The maximum atomic E-state index is 13.8. The first-order valence-corrected chi connectivity index (χ1v) is 8.12. The molecule has 0 aliphatic rings. The maximum absolute atomic E-state index is 13.8. The number of halogens is 1. The molecule has 1 aromatic heterocycles. The van der Waals surface area contributed by atoms with Gasteiger partial charge in [-0.3, -0.25) is 0 Å². The normalized spacial score (nSPS) is 10.6. The van der Waals surface area contributed by atoms with E-state index in [2.05, 4.69) is 10.2 Å². The number of ether oxygens (including phenoxy) is 2. The summed E-state index contributed by atoms with van der Waals surface area (Å²) < 4.78 is 29.8. The average Bonchev–Trinajstić information content (AvgIpc) is 3.08. The molecule has 5 nitrogen and oxygen atoms in total. The number of hydrogen-bond donors (Lipinski definition) is 0. The first kappa shape index (κ1) is 16.3. The van der Waals surface area contributed by atoms with Gasteiger partial charge in [-0.2, -0.15) is 0 Å². The van der Waals surface area contributed by atoms with Crippen LogP contribution in [0.15, 0.2) is 52.1 Å². The molecule has 0 bridgehead atoms. The predicted octanol–water partition coefficient (Wildman–Crippen LogP) is 4.19. The Morgan fingerprint density at radius 1 is 1.08 bits per heavy atom. The number of methoxy groups -OCH3 is 2. The van der Waals surface area contributed by atoms with Crippen molar-refractivity contribution in [1.29, 1.82) is 0 Å². The third kappa shape index (κ3) is 3.51. The lowest BCUT2D eigenvalue weighted by Gasteiger charge is -2.09. The Kier molecular flexibility index (Phi) is 5.00. The van der Waals surface area contributed by atoms with Gasteiger partial charge in [0.2, 0.25) is 0 Å². The van der Waals surface area contributed by atoms with E-state index >= 15 is 0 Å². The minimum atomic E-state index is -0.396. The van der Waals surface area contributed by atoms with Crippen LogP contribution in [0.25, 0.3) is 11.5 Å². The molecule has 7 heteroatoms. The average molecular weight is 346 g/mol. The molecule has 0 N–H and O–H groups in total. The molecule has 0 fully saturated rings. The van der Waals surface area contributed by atoms with E-state index in [-0.39, 0.29) is 11.5 Å². The van der Waals surface area contributed by atoms with Gasteiger partial charge in [0.1, 0.15) is 17.3 Å². The molecule has 0 aliphatic carbocycles. The monoisotopic (exact) mass is 346 g/mol. The van der Waals surface area contributed by atoms with E-state index < -0.39 is 5.82 Å². The van der Waals surface area contributed by atoms with Gasteiger partial charge < -0.3 is 13.9 Å².